The second-order valence-electron chi connectivity index (χ2n) is 3.81. The van der Waals surface area contributed by atoms with Gasteiger partial charge in [-0.3, -0.25) is 4.79 Å². The highest BCUT2D eigenvalue weighted by atomic mass is 16.1. The van der Waals surface area contributed by atoms with E-state index in [0.29, 0.717) is 0 Å². The Morgan fingerprint density at radius 3 is 2.57 bits per heavy atom. The molecular weight excluding hydrogens is 172 g/mol. The van der Waals surface area contributed by atoms with Gasteiger partial charge in [0.2, 0.25) is 0 Å². The minimum atomic E-state index is 0.136. The molecule has 0 aromatic heterocycles. The molecule has 0 saturated carbocycles. The summed E-state index contributed by atoms with van der Waals surface area (Å²) in [6, 6.07) is 9.57. The van der Waals surface area contributed by atoms with Crippen molar-refractivity contribution in [1.29, 1.82) is 0 Å². The summed E-state index contributed by atoms with van der Waals surface area (Å²) < 4.78 is 0. The first-order valence-corrected chi connectivity index (χ1v) is 5.05. The lowest BCUT2D eigenvalue weighted by atomic mass is 9.93. The number of hydrogen-bond acceptors (Lipinski definition) is 1. The number of carbonyl (C=O) groups excluding carboxylic acids is 1. The van der Waals surface area contributed by atoms with Crippen molar-refractivity contribution < 1.29 is 4.79 Å². The standard InChI is InChI=1S/C13H14O/c1-10-6-5-9-12(10)13(14)11-7-3-2-4-8-11/h2-4,6-8,12H,5,9H2,1H3. The van der Waals surface area contributed by atoms with Crippen molar-refractivity contribution in [3.63, 3.8) is 0 Å². The summed E-state index contributed by atoms with van der Waals surface area (Å²) in [6.07, 6.45) is 4.21. The van der Waals surface area contributed by atoms with Crippen molar-refractivity contribution in [3.8, 4) is 0 Å². The summed E-state index contributed by atoms with van der Waals surface area (Å²) in [6.45, 7) is 2.05. The lowest BCUT2D eigenvalue weighted by molar-refractivity contribution is 0.0939. The van der Waals surface area contributed by atoms with Gasteiger partial charge in [-0.15, -0.1) is 0 Å². The lowest BCUT2D eigenvalue weighted by Gasteiger charge is -2.10. The summed E-state index contributed by atoms with van der Waals surface area (Å²) in [5.74, 6) is 0.411. The lowest BCUT2D eigenvalue weighted by Crippen LogP contribution is -2.12. The molecule has 0 heterocycles. The van der Waals surface area contributed by atoms with Gasteiger partial charge in [0.25, 0.3) is 0 Å². The number of benzene rings is 1. The zero-order chi connectivity index (χ0) is 9.97. The molecule has 0 radical (unpaired) electrons. The van der Waals surface area contributed by atoms with Crippen LogP contribution in [0.25, 0.3) is 0 Å². The topological polar surface area (TPSA) is 17.1 Å². The fraction of sp³-hybridized carbons (Fsp3) is 0.308. The van der Waals surface area contributed by atoms with Gasteiger partial charge in [-0.05, 0) is 19.8 Å². The van der Waals surface area contributed by atoms with Crippen LogP contribution in [0.3, 0.4) is 0 Å². The fourth-order valence-corrected chi connectivity index (χ4v) is 1.99. The molecule has 1 atom stereocenters. The van der Waals surface area contributed by atoms with E-state index in [9.17, 15) is 4.79 Å². The third kappa shape index (κ3) is 1.63. The number of ketones is 1. The predicted molar refractivity (Wildman–Crippen MR) is 57.3 cm³/mol. The van der Waals surface area contributed by atoms with E-state index in [4.69, 9.17) is 0 Å². The number of Topliss-reactive ketones (excluding diaryl/α,β-unsaturated/α-hetero) is 1. The Labute approximate surface area is 84.5 Å². The molecule has 0 N–H and O–H groups in total. The first kappa shape index (κ1) is 9.20. The Morgan fingerprint density at radius 1 is 1.29 bits per heavy atom. The Morgan fingerprint density at radius 2 is 2.00 bits per heavy atom. The van der Waals surface area contributed by atoms with Gasteiger partial charge in [0.15, 0.2) is 5.78 Å². The molecule has 1 aromatic carbocycles. The Kier molecular flexibility index (Phi) is 2.49. The van der Waals surface area contributed by atoms with Crippen molar-refractivity contribution >= 4 is 5.78 Å². The van der Waals surface area contributed by atoms with Crippen LogP contribution in [0.4, 0.5) is 0 Å². The van der Waals surface area contributed by atoms with Gasteiger partial charge in [0.1, 0.15) is 0 Å². The van der Waals surface area contributed by atoms with Crippen molar-refractivity contribution in [2.45, 2.75) is 19.8 Å². The normalized spacial score (nSPS) is 20.6. The van der Waals surface area contributed by atoms with Crippen LogP contribution in [-0.2, 0) is 0 Å². The van der Waals surface area contributed by atoms with Crippen LogP contribution >= 0.6 is 0 Å². The van der Waals surface area contributed by atoms with Crippen molar-refractivity contribution in [1.82, 2.24) is 0 Å². The van der Waals surface area contributed by atoms with Crippen LogP contribution in [0.15, 0.2) is 42.0 Å². The van der Waals surface area contributed by atoms with E-state index < -0.39 is 0 Å². The summed E-state index contributed by atoms with van der Waals surface area (Å²) >= 11 is 0. The Balaban J connectivity index is 2.21. The summed E-state index contributed by atoms with van der Waals surface area (Å²) in [4.78, 5) is 12.0. The Bertz CT molecular complexity index is 362. The van der Waals surface area contributed by atoms with Crippen LogP contribution in [0, 0.1) is 5.92 Å². The van der Waals surface area contributed by atoms with E-state index in [1.807, 2.05) is 30.3 Å². The molecule has 14 heavy (non-hydrogen) atoms. The van der Waals surface area contributed by atoms with Gasteiger partial charge in [-0.25, -0.2) is 0 Å². The molecule has 1 nitrogen and oxygen atoms in total. The third-order valence-corrected chi connectivity index (χ3v) is 2.85. The maximum Gasteiger partial charge on any atom is 0.169 e. The highest BCUT2D eigenvalue weighted by Crippen LogP contribution is 2.28. The maximum atomic E-state index is 12.0. The van der Waals surface area contributed by atoms with E-state index in [1.165, 1.54) is 5.57 Å². The summed E-state index contributed by atoms with van der Waals surface area (Å²) in [5, 5.41) is 0. The van der Waals surface area contributed by atoms with Gasteiger partial charge in [0.05, 0.1) is 0 Å². The summed E-state index contributed by atoms with van der Waals surface area (Å²) in [7, 11) is 0. The fourth-order valence-electron chi connectivity index (χ4n) is 1.99. The van der Waals surface area contributed by atoms with Crippen LogP contribution < -0.4 is 0 Å². The highest BCUT2D eigenvalue weighted by molar-refractivity contribution is 5.99. The zero-order valence-corrected chi connectivity index (χ0v) is 8.36. The maximum absolute atomic E-state index is 12.0. The molecule has 2 rings (SSSR count). The van der Waals surface area contributed by atoms with Crippen molar-refractivity contribution in [2.75, 3.05) is 0 Å². The molecule has 1 aromatic rings. The molecule has 1 aliphatic carbocycles. The second-order valence-corrected chi connectivity index (χ2v) is 3.81. The minimum Gasteiger partial charge on any atom is -0.294 e. The average Bonchev–Trinajstić information content (AvgIpc) is 2.65. The van der Waals surface area contributed by atoms with E-state index in [-0.39, 0.29) is 11.7 Å². The van der Waals surface area contributed by atoms with Crippen LogP contribution in [0.5, 0.6) is 0 Å². The molecule has 0 aliphatic heterocycles. The quantitative estimate of drug-likeness (QED) is 0.512. The van der Waals surface area contributed by atoms with Crippen molar-refractivity contribution in [3.05, 3.63) is 47.5 Å². The molecular formula is C13H14O. The molecule has 72 valence electrons. The number of rotatable bonds is 2. The van der Waals surface area contributed by atoms with Gasteiger partial charge in [-0.2, -0.15) is 0 Å². The first-order valence-electron chi connectivity index (χ1n) is 5.05. The Hall–Kier alpha value is -1.37. The molecule has 0 saturated heterocycles. The van der Waals surface area contributed by atoms with E-state index in [1.54, 1.807) is 0 Å². The molecule has 0 spiro atoms. The molecule has 1 unspecified atom stereocenters. The molecule has 1 aliphatic rings. The van der Waals surface area contributed by atoms with Crippen LogP contribution in [0.1, 0.15) is 30.1 Å². The SMILES string of the molecule is CC1=CCCC1C(=O)c1ccccc1. The smallest absolute Gasteiger partial charge is 0.169 e. The third-order valence-electron chi connectivity index (χ3n) is 2.85. The zero-order valence-electron chi connectivity index (χ0n) is 8.36. The monoisotopic (exact) mass is 186 g/mol. The van der Waals surface area contributed by atoms with E-state index >= 15 is 0 Å². The number of hydrogen-bond donors (Lipinski definition) is 0. The first-order chi connectivity index (χ1) is 6.79. The number of allylic oxidation sites excluding steroid dienone is 2. The van der Waals surface area contributed by atoms with E-state index in [2.05, 4.69) is 13.0 Å². The second kappa shape index (κ2) is 3.79. The highest BCUT2D eigenvalue weighted by Gasteiger charge is 2.23. The van der Waals surface area contributed by atoms with Gasteiger partial charge in [0, 0.05) is 11.5 Å². The van der Waals surface area contributed by atoms with E-state index in [0.717, 1.165) is 18.4 Å². The summed E-state index contributed by atoms with van der Waals surface area (Å²) in [5.41, 5.74) is 2.08. The largest absolute Gasteiger partial charge is 0.294 e. The predicted octanol–water partition coefficient (Wildman–Crippen LogP) is 3.23. The molecule has 1 heteroatoms. The van der Waals surface area contributed by atoms with Gasteiger partial charge < -0.3 is 0 Å². The van der Waals surface area contributed by atoms with Gasteiger partial charge >= 0.3 is 0 Å². The van der Waals surface area contributed by atoms with Gasteiger partial charge in [-0.1, -0.05) is 42.0 Å². The molecule has 0 bridgehead atoms. The number of carbonyl (C=O) groups is 1. The van der Waals surface area contributed by atoms with Crippen LogP contribution in [0.2, 0.25) is 0 Å². The molecule has 0 amide bonds. The minimum absolute atomic E-state index is 0.136. The average molecular weight is 186 g/mol. The molecule has 0 fully saturated rings. The van der Waals surface area contributed by atoms with Crippen molar-refractivity contribution in [2.24, 2.45) is 5.92 Å². The van der Waals surface area contributed by atoms with Crippen LogP contribution in [-0.4, -0.2) is 5.78 Å².